The summed E-state index contributed by atoms with van der Waals surface area (Å²) >= 11 is 6.98. The van der Waals surface area contributed by atoms with Gasteiger partial charge in [-0.1, -0.05) is 24.3 Å². The highest BCUT2D eigenvalue weighted by atomic mass is 32.1. The third-order valence-corrected chi connectivity index (χ3v) is 4.25. The van der Waals surface area contributed by atoms with Crippen molar-refractivity contribution >= 4 is 40.2 Å². The molecule has 1 aliphatic rings. The van der Waals surface area contributed by atoms with Crippen LogP contribution in [0.4, 0.5) is 5.69 Å². The van der Waals surface area contributed by atoms with Crippen molar-refractivity contribution in [2.24, 2.45) is 4.99 Å². The number of anilines is 1. The predicted molar refractivity (Wildman–Crippen MR) is 92.7 cm³/mol. The van der Waals surface area contributed by atoms with Gasteiger partial charge in [-0.3, -0.25) is 10.4 Å². The first-order valence-corrected chi connectivity index (χ1v) is 8.07. The molecule has 2 N–H and O–H groups in total. The average molecular weight is 316 g/mol. The van der Waals surface area contributed by atoms with Gasteiger partial charge in [0.05, 0.1) is 12.2 Å². The molecule has 0 atom stereocenters. The zero-order valence-electron chi connectivity index (χ0n) is 11.5. The van der Waals surface area contributed by atoms with E-state index in [2.05, 4.69) is 44.3 Å². The summed E-state index contributed by atoms with van der Waals surface area (Å²) in [7, 11) is 0. The smallest absolute Gasteiger partial charge is 0.194 e. The Balaban J connectivity index is 1.54. The van der Waals surface area contributed by atoms with Crippen molar-refractivity contribution in [3.63, 3.8) is 0 Å². The number of thiophene rings is 1. The van der Waals surface area contributed by atoms with E-state index in [0.717, 1.165) is 31.0 Å². The normalized spacial score (nSPS) is 16.0. The SMILES string of the molecule is S=C(N=C1CCN(c2ccccc2)N1)NCc1cccs1. The molecule has 1 aromatic carbocycles. The molecule has 1 aliphatic heterocycles. The number of hydrazine groups is 1. The second-order valence-electron chi connectivity index (χ2n) is 4.65. The first-order chi connectivity index (χ1) is 10.3. The molecule has 2 heterocycles. The summed E-state index contributed by atoms with van der Waals surface area (Å²) in [5.41, 5.74) is 4.43. The quantitative estimate of drug-likeness (QED) is 0.854. The van der Waals surface area contributed by atoms with Crippen LogP contribution in [0, 0.1) is 0 Å². The van der Waals surface area contributed by atoms with Crippen LogP contribution < -0.4 is 15.8 Å². The summed E-state index contributed by atoms with van der Waals surface area (Å²) in [4.78, 5) is 5.69. The van der Waals surface area contributed by atoms with Crippen molar-refractivity contribution in [3.8, 4) is 0 Å². The Morgan fingerprint density at radius 1 is 1.29 bits per heavy atom. The van der Waals surface area contributed by atoms with E-state index in [1.807, 2.05) is 24.3 Å². The maximum atomic E-state index is 5.27. The number of nitrogens with zero attached hydrogens (tertiary/aromatic N) is 2. The molecule has 21 heavy (non-hydrogen) atoms. The van der Waals surface area contributed by atoms with E-state index in [1.54, 1.807) is 11.3 Å². The van der Waals surface area contributed by atoms with Crippen molar-refractivity contribution in [1.29, 1.82) is 0 Å². The molecule has 1 aromatic heterocycles. The van der Waals surface area contributed by atoms with Crippen molar-refractivity contribution in [2.75, 3.05) is 11.6 Å². The summed E-state index contributed by atoms with van der Waals surface area (Å²) in [6, 6.07) is 14.3. The summed E-state index contributed by atoms with van der Waals surface area (Å²) in [6.45, 7) is 1.63. The fourth-order valence-electron chi connectivity index (χ4n) is 2.11. The summed E-state index contributed by atoms with van der Waals surface area (Å²) in [6.07, 6.45) is 0.871. The van der Waals surface area contributed by atoms with Gasteiger partial charge in [0.1, 0.15) is 5.84 Å². The lowest BCUT2D eigenvalue weighted by Gasteiger charge is -2.17. The number of benzene rings is 1. The fourth-order valence-corrected chi connectivity index (χ4v) is 2.93. The molecule has 3 rings (SSSR count). The van der Waals surface area contributed by atoms with E-state index in [-0.39, 0.29) is 0 Å². The van der Waals surface area contributed by atoms with Gasteiger partial charge in [0.25, 0.3) is 0 Å². The Labute approximate surface area is 133 Å². The van der Waals surface area contributed by atoms with Crippen LogP contribution in [0.3, 0.4) is 0 Å². The minimum atomic E-state index is 0.529. The van der Waals surface area contributed by atoms with Crippen LogP contribution in [-0.2, 0) is 6.54 Å². The van der Waals surface area contributed by atoms with Crippen molar-refractivity contribution in [1.82, 2.24) is 10.7 Å². The molecular formula is C15H16N4S2. The van der Waals surface area contributed by atoms with Gasteiger partial charge in [0, 0.05) is 17.8 Å². The van der Waals surface area contributed by atoms with E-state index in [1.165, 1.54) is 4.88 Å². The first-order valence-electron chi connectivity index (χ1n) is 6.78. The lowest BCUT2D eigenvalue weighted by Crippen LogP contribution is -2.34. The standard InChI is InChI=1S/C15H16N4S2/c20-15(16-11-13-7-4-10-21-13)17-14-8-9-19(18-14)12-5-2-1-3-6-12/h1-7,10H,8-9,11H2,(H2,16,17,18,20). The van der Waals surface area contributed by atoms with Crippen molar-refractivity contribution in [2.45, 2.75) is 13.0 Å². The molecule has 108 valence electrons. The number of para-hydroxylation sites is 1. The highest BCUT2D eigenvalue weighted by Gasteiger charge is 2.17. The highest BCUT2D eigenvalue weighted by Crippen LogP contribution is 2.15. The molecule has 1 fully saturated rings. The first kappa shape index (κ1) is 14.0. The van der Waals surface area contributed by atoms with Crippen LogP contribution in [0.2, 0.25) is 0 Å². The molecular weight excluding hydrogens is 300 g/mol. The van der Waals surface area contributed by atoms with Crippen LogP contribution in [0.1, 0.15) is 11.3 Å². The van der Waals surface area contributed by atoms with Crippen molar-refractivity contribution in [3.05, 3.63) is 52.7 Å². The van der Waals surface area contributed by atoms with Crippen molar-refractivity contribution < 1.29 is 0 Å². The Hall–Kier alpha value is -1.92. The zero-order chi connectivity index (χ0) is 14.5. The number of hydrogen-bond acceptors (Lipinski definition) is 3. The molecule has 2 aromatic rings. The van der Waals surface area contributed by atoms with Gasteiger partial charge in [0.2, 0.25) is 0 Å². The summed E-state index contributed by atoms with van der Waals surface area (Å²) < 4.78 is 0. The van der Waals surface area contributed by atoms with Gasteiger partial charge in [-0.2, -0.15) is 0 Å². The number of rotatable bonds is 3. The number of hydrogen-bond donors (Lipinski definition) is 2. The third-order valence-electron chi connectivity index (χ3n) is 3.13. The average Bonchev–Trinajstić information content (AvgIpc) is 3.17. The van der Waals surface area contributed by atoms with Gasteiger partial charge in [-0.05, 0) is 35.8 Å². The van der Waals surface area contributed by atoms with Gasteiger partial charge >= 0.3 is 0 Å². The van der Waals surface area contributed by atoms with Crippen LogP contribution in [-0.4, -0.2) is 17.5 Å². The Morgan fingerprint density at radius 2 is 2.14 bits per heavy atom. The molecule has 0 unspecified atom stereocenters. The lowest BCUT2D eigenvalue weighted by molar-refractivity contribution is 0.858. The van der Waals surface area contributed by atoms with Gasteiger partial charge < -0.3 is 5.32 Å². The number of thiocarbonyl (C=S) groups is 1. The van der Waals surface area contributed by atoms with Crippen LogP contribution in [0.25, 0.3) is 0 Å². The predicted octanol–water partition coefficient (Wildman–Crippen LogP) is 2.94. The maximum absolute atomic E-state index is 5.27. The van der Waals surface area contributed by atoms with Crippen LogP contribution in [0.15, 0.2) is 52.8 Å². The Kier molecular flexibility index (Phi) is 4.47. The van der Waals surface area contributed by atoms with Crippen LogP contribution in [0.5, 0.6) is 0 Å². The van der Waals surface area contributed by atoms with E-state index in [4.69, 9.17) is 12.2 Å². The van der Waals surface area contributed by atoms with E-state index < -0.39 is 0 Å². The highest BCUT2D eigenvalue weighted by molar-refractivity contribution is 7.80. The maximum Gasteiger partial charge on any atom is 0.194 e. The molecule has 0 bridgehead atoms. The van der Waals surface area contributed by atoms with Gasteiger partial charge in [0.15, 0.2) is 5.11 Å². The van der Waals surface area contributed by atoms with Gasteiger partial charge in [-0.15, -0.1) is 11.3 Å². The van der Waals surface area contributed by atoms with Crippen LogP contribution >= 0.6 is 23.6 Å². The zero-order valence-corrected chi connectivity index (χ0v) is 13.1. The minimum absolute atomic E-state index is 0.529. The Morgan fingerprint density at radius 3 is 2.90 bits per heavy atom. The molecule has 0 saturated carbocycles. The monoisotopic (exact) mass is 316 g/mol. The topological polar surface area (TPSA) is 39.7 Å². The second-order valence-corrected chi connectivity index (χ2v) is 6.06. The molecule has 0 radical (unpaired) electrons. The summed E-state index contributed by atoms with van der Waals surface area (Å²) in [5.74, 6) is 0.905. The number of aliphatic imine (C=N–C) groups is 1. The third kappa shape index (κ3) is 3.80. The fraction of sp³-hybridized carbons (Fsp3) is 0.200. The number of amidine groups is 1. The summed E-state index contributed by atoms with van der Waals surface area (Å²) in [5, 5.41) is 7.83. The molecule has 1 saturated heterocycles. The largest absolute Gasteiger partial charge is 0.356 e. The molecule has 0 aliphatic carbocycles. The number of nitrogens with one attached hydrogen (secondary N) is 2. The second kappa shape index (κ2) is 6.69. The van der Waals surface area contributed by atoms with E-state index in [0.29, 0.717) is 5.11 Å². The van der Waals surface area contributed by atoms with E-state index in [9.17, 15) is 0 Å². The molecule has 0 amide bonds. The molecule has 4 nitrogen and oxygen atoms in total. The Bertz CT molecular complexity index is 622. The minimum Gasteiger partial charge on any atom is -0.356 e. The van der Waals surface area contributed by atoms with E-state index >= 15 is 0 Å². The lowest BCUT2D eigenvalue weighted by atomic mass is 10.3. The molecule has 0 spiro atoms. The molecule has 6 heteroatoms. The van der Waals surface area contributed by atoms with Gasteiger partial charge in [-0.25, -0.2) is 4.99 Å².